The summed E-state index contributed by atoms with van der Waals surface area (Å²) < 4.78 is 5.31. The fourth-order valence-corrected chi connectivity index (χ4v) is 3.57. The number of aryl methyl sites for hydroxylation is 1. The average Bonchev–Trinajstić information content (AvgIpc) is 3.12. The maximum atomic E-state index is 12.5. The lowest BCUT2D eigenvalue weighted by atomic mass is 9.96. The first-order valence-corrected chi connectivity index (χ1v) is 7.83. The van der Waals surface area contributed by atoms with E-state index < -0.39 is 0 Å². The summed E-state index contributed by atoms with van der Waals surface area (Å²) in [4.78, 5) is 12.5. The van der Waals surface area contributed by atoms with Gasteiger partial charge in [-0.15, -0.1) is 0 Å². The lowest BCUT2D eigenvalue weighted by Crippen LogP contribution is -2.28. The second-order valence-electron chi connectivity index (χ2n) is 6.05. The Balaban J connectivity index is 1.57. The SMILES string of the molecule is O=C(N[C@@H]1CCc2c(O)cccc21)c1noc2c1CCCC2. The van der Waals surface area contributed by atoms with E-state index in [1.165, 1.54) is 0 Å². The molecular weight excluding hydrogens is 280 g/mol. The highest BCUT2D eigenvalue weighted by atomic mass is 16.5. The summed E-state index contributed by atoms with van der Waals surface area (Å²) in [5.41, 5.74) is 3.35. The van der Waals surface area contributed by atoms with Gasteiger partial charge in [-0.25, -0.2) is 0 Å². The van der Waals surface area contributed by atoms with Gasteiger partial charge in [0.2, 0.25) is 0 Å². The van der Waals surface area contributed by atoms with Crippen LogP contribution in [0, 0.1) is 0 Å². The number of phenolic OH excluding ortho intramolecular Hbond substituents is 1. The van der Waals surface area contributed by atoms with Gasteiger partial charge in [0.25, 0.3) is 5.91 Å². The summed E-state index contributed by atoms with van der Waals surface area (Å²) in [5, 5.41) is 16.9. The van der Waals surface area contributed by atoms with E-state index >= 15 is 0 Å². The minimum absolute atomic E-state index is 0.0643. The molecule has 22 heavy (non-hydrogen) atoms. The highest BCUT2D eigenvalue weighted by Gasteiger charge is 2.29. The molecule has 1 aromatic heterocycles. The Labute approximate surface area is 128 Å². The molecule has 1 heterocycles. The number of hydrogen-bond acceptors (Lipinski definition) is 4. The molecule has 0 aliphatic heterocycles. The monoisotopic (exact) mass is 298 g/mol. The number of aromatic hydroxyl groups is 1. The largest absolute Gasteiger partial charge is 0.508 e. The molecule has 0 saturated carbocycles. The molecule has 0 spiro atoms. The molecule has 4 rings (SSSR count). The molecule has 2 aromatic rings. The van der Waals surface area contributed by atoms with Crippen LogP contribution < -0.4 is 5.32 Å². The Morgan fingerprint density at radius 3 is 3.00 bits per heavy atom. The maximum absolute atomic E-state index is 12.5. The molecule has 0 unspecified atom stereocenters. The molecule has 5 heteroatoms. The van der Waals surface area contributed by atoms with E-state index in [0.717, 1.165) is 61.0 Å². The van der Waals surface area contributed by atoms with E-state index in [9.17, 15) is 9.90 Å². The standard InChI is InChI=1S/C17H18N2O3/c20-14-6-3-5-10-11(14)8-9-13(10)18-17(21)16-12-4-1-2-7-15(12)22-19-16/h3,5-6,13,20H,1-2,4,7-9H2,(H,18,21)/t13-/m1/s1. The fraction of sp³-hybridized carbons (Fsp3) is 0.412. The second-order valence-corrected chi connectivity index (χ2v) is 6.05. The lowest BCUT2D eigenvalue weighted by Gasteiger charge is -2.14. The molecule has 2 aliphatic carbocycles. The number of rotatable bonds is 2. The van der Waals surface area contributed by atoms with Gasteiger partial charge < -0.3 is 14.9 Å². The Hall–Kier alpha value is -2.30. The molecule has 0 bridgehead atoms. The van der Waals surface area contributed by atoms with Gasteiger partial charge in [-0.05, 0) is 49.3 Å². The van der Waals surface area contributed by atoms with E-state index in [4.69, 9.17) is 4.52 Å². The summed E-state index contributed by atoms with van der Waals surface area (Å²) in [7, 11) is 0. The molecule has 2 aliphatic rings. The van der Waals surface area contributed by atoms with Gasteiger partial charge in [-0.3, -0.25) is 4.79 Å². The van der Waals surface area contributed by atoms with Crippen molar-refractivity contribution in [3.8, 4) is 5.75 Å². The van der Waals surface area contributed by atoms with Crippen molar-refractivity contribution in [1.29, 1.82) is 0 Å². The van der Waals surface area contributed by atoms with Crippen molar-refractivity contribution in [1.82, 2.24) is 10.5 Å². The summed E-state index contributed by atoms with van der Waals surface area (Å²) in [5.74, 6) is 1.00. The molecule has 2 N–H and O–H groups in total. The number of nitrogens with one attached hydrogen (secondary N) is 1. The number of benzene rings is 1. The minimum Gasteiger partial charge on any atom is -0.508 e. The summed E-state index contributed by atoms with van der Waals surface area (Å²) in [6.07, 6.45) is 5.50. The Bertz CT molecular complexity index is 736. The number of aromatic nitrogens is 1. The number of amides is 1. The minimum atomic E-state index is -0.173. The second kappa shape index (κ2) is 5.16. The molecule has 0 saturated heterocycles. The highest BCUT2D eigenvalue weighted by Crippen LogP contribution is 2.36. The predicted molar refractivity (Wildman–Crippen MR) is 79.8 cm³/mol. The van der Waals surface area contributed by atoms with Gasteiger partial charge >= 0.3 is 0 Å². The normalized spacial score (nSPS) is 19.5. The number of phenols is 1. The van der Waals surface area contributed by atoms with E-state index in [1.54, 1.807) is 6.07 Å². The van der Waals surface area contributed by atoms with Crippen LogP contribution in [0.3, 0.4) is 0 Å². The van der Waals surface area contributed by atoms with Gasteiger partial charge in [0.15, 0.2) is 5.69 Å². The third-order valence-corrected chi connectivity index (χ3v) is 4.72. The zero-order valence-electron chi connectivity index (χ0n) is 12.3. The van der Waals surface area contributed by atoms with Crippen LogP contribution in [-0.4, -0.2) is 16.2 Å². The Kier molecular flexibility index (Phi) is 3.13. The van der Waals surface area contributed by atoms with Gasteiger partial charge in [0.05, 0.1) is 6.04 Å². The highest BCUT2D eigenvalue weighted by molar-refractivity contribution is 5.94. The summed E-state index contributed by atoms with van der Waals surface area (Å²) in [6, 6.07) is 5.41. The van der Waals surface area contributed by atoms with Crippen LogP contribution in [-0.2, 0) is 19.3 Å². The van der Waals surface area contributed by atoms with Gasteiger partial charge in [0.1, 0.15) is 11.5 Å². The van der Waals surface area contributed by atoms with E-state index in [0.29, 0.717) is 11.4 Å². The number of carbonyl (C=O) groups excluding carboxylic acids is 1. The van der Waals surface area contributed by atoms with Crippen LogP contribution >= 0.6 is 0 Å². The first-order valence-electron chi connectivity index (χ1n) is 7.83. The third kappa shape index (κ3) is 2.08. The number of hydrogen-bond donors (Lipinski definition) is 2. The first kappa shape index (κ1) is 13.4. The molecular formula is C17H18N2O3. The Morgan fingerprint density at radius 2 is 2.09 bits per heavy atom. The molecule has 1 atom stereocenters. The fourth-order valence-electron chi connectivity index (χ4n) is 3.57. The van der Waals surface area contributed by atoms with E-state index in [-0.39, 0.29) is 11.9 Å². The number of carbonyl (C=O) groups is 1. The molecule has 0 radical (unpaired) electrons. The lowest BCUT2D eigenvalue weighted by molar-refractivity contribution is 0.0926. The van der Waals surface area contributed by atoms with Crippen molar-refractivity contribution >= 4 is 5.91 Å². The first-order chi connectivity index (χ1) is 10.7. The Morgan fingerprint density at radius 1 is 1.23 bits per heavy atom. The van der Waals surface area contributed by atoms with Gasteiger partial charge in [-0.1, -0.05) is 17.3 Å². The smallest absolute Gasteiger partial charge is 0.274 e. The predicted octanol–water partition coefficient (Wildman–Crippen LogP) is 2.68. The van der Waals surface area contributed by atoms with Crippen molar-refractivity contribution in [2.75, 3.05) is 0 Å². The molecule has 0 fully saturated rings. The van der Waals surface area contributed by atoms with E-state index in [1.807, 2.05) is 12.1 Å². The van der Waals surface area contributed by atoms with Crippen molar-refractivity contribution in [3.05, 3.63) is 46.3 Å². The number of fused-ring (bicyclic) bond motifs is 2. The van der Waals surface area contributed by atoms with Crippen LogP contribution in [0.5, 0.6) is 5.75 Å². The van der Waals surface area contributed by atoms with Crippen molar-refractivity contribution in [3.63, 3.8) is 0 Å². The zero-order valence-corrected chi connectivity index (χ0v) is 12.3. The van der Waals surface area contributed by atoms with Gasteiger partial charge in [0, 0.05) is 12.0 Å². The van der Waals surface area contributed by atoms with Crippen LogP contribution in [0.1, 0.15) is 58.2 Å². The van der Waals surface area contributed by atoms with Gasteiger partial charge in [-0.2, -0.15) is 0 Å². The van der Waals surface area contributed by atoms with Crippen molar-refractivity contribution < 1.29 is 14.4 Å². The molecule has 114 valence electrons. The molecule has 5 nitrogen and oxygen atoms in total. The van der Waals surface area contributed by atoms with Crippen molar-refractivity contribution in [2.24, 2.45) is 0 Å². The number of nitrogens with zero attached hydrogens (tertiary/aromatic N) is 1. The summed E-state index contributed by atoms with van der Waals surface area (Å²) in [6.45, 7) is 0. The maximum Gasteiger partial charge on any atom is 0.274 e. The van der Waals surface area contributed by atoms with E-state index in [2.05, 4.69) is 10.5 Å². The third-order valence-electron chi connectivity index (χ3n) is 4.72. The average molecular weight is 298 g/mol. The molecule has 1 aromatic carbocycles. The summed E-state index contributed by atoms with van der Waals surface area (Å²) >= 11 is 0. The topological polar surface area (TPSA) is 75.4 Å². The molecule has 1 amide bonds. The van der Waals surface area contributed by atoms with Crippen molar-refractivity contribution in [2.45, 2.75) is 44.6 Å². The van der Waals surface area contributed by atoms with Crippen LogP contribution in [0.25, 0.3) is 0 Å². The van der Waals surface area contributed by atoms with Crippen LogP contribution in [0.15, 0.2) is 22.7 Å². The quantitative estimate of drug-likeness (QED) is 0.894. The zero-order chi connectivity index (χ0) is 15.1. The van der Waals surface area contributed by atoms with Crippen LogP contribution in [0.2, 0.25) is 0 Å². The van der Waals surface area contributed by atoms with Crippen LogP contribution in [0.4, 0.5) is 0 Å².